The molecule has 2 rings (SSSR count). The van der Waals surface area contributed by atoms with Crippen LogP contribution in [0.2, 0.25) is 0 Å². The molecule has 1 aromatic rings. The van der Waals surface area contributed by atoms with Gasteiger partial charge in [0.1, 0.15) is 16.9 Å². The fourth-order valence-corrected chi connectivity index (χ4v) is 2.27. The van der Waals surface area contributed by atoms with Crippen LogP contribution in [0, 0.1) is 6.92 Å². The first kappa shape index (κ1) is 19.2. The molecule has 7 nitrogen and oxygen atoms in total. The third-order valence-electron chi connectivity index (χ3n) is 3.34. The molecule has 1 aliphatic heterocycles. The number of carbonyl (C=O) groups excluding carboxylic acids is 1. The van der Waals surface area contributed by atoms with Crippen LogP contribution in [0.1, 0.15) is 32.2 Å². The molecule has 1 aromatic heterocycles. The van der Waals surface area contributed by atoms with E-state index in [-0.39, 0.29) is 31.3 Å². The topological polar surface area (TPSA) is 87.6 Å². The van der Waals surface area contributed by atoms with Crippen LogP contribution in [-0.2, 0) is 10.9 Å². The third-order valence-corrected chi connectivity index (χ3v) is 3.34. The molecule has 10 heteroatoms. The minimum Gasteiger partial charge on any atom is -0.444 e. The van der Waals surface area contributed by atoms with Crippen LogP contribution in [0.15, 0.2) is 6.07 Å². The van der Waals surface area contributed by atoms with E-state index in [0.29, 0.717) is 0 Å². The zero-order chi connectivity index (χ0) is 19.0. The maximum Gasteiger partial charge on any atom is 0.433 e. The van der Waals surface area contributed by atoms with Gasteiger partial charge in [-0.2, -0.15) is 13.2 Å². The highest BCUT2D eigenvalue weighted by Gasteiger charge is 2.45. The van der Waals surface area contributed by atoms with Gasteiger partial charge in [0.25, 0.3) is 0 Å². The van der Waals surface area contributed by atoms with Gasteiger partial charge in [0.05, 0.1) is 19.6 Å². The highest BCUT2D eigenvalue weighted by Crippen LogP contribution is 2.29. The molecular formula is C15H21F3N4O3. The number of halogens is 3. The highest BCUT2D eigenvalue weighted by atomic mass is 19.4. The summed E-state index contributed by atoms with van der Waals surface area (Å²) in [4.78, 5) is 20.4. The molecule has 0 bridgehead atoms. The number of rotatable bonds is 3. The molecule has 1 fully saturated rings. The van der Waals surface area contributed by atoms with Crippen LogP contribution in [0.3, 0.4) is 0 Å². The van der Waals surface area contributed by atoms with Crippen molar-refractivity contribution in [1.29, 1.82) is 0 Å². The minimum absolute atomic E-state index is 0.00680. The predicted molar refractivity (Wildman–Crippen MR) is 83.0 cm³/mol. The second kappa shape index (κ2) is 6.32. The number of β-amino-alcohol motifs (C(OH)–C–C–N with tert-alkyl or cyclic N) is 1. The molecule has 0 unspecified atom stereocenters. The lowest BCUT2D eigenvalue weighted by Gasteiger charge is -2.46. The molecule has 0 saturated carbocycles. The van der Waals surface area contributed by atoms with E-state index >= 15 is 0 Å². The number of aromatic nitrogens is 2. The summed E-state index contributed by atoms with van der Waals surface area (Å²) in [6, 6.07) is 0.841. The van der Waals surface area contributed by atoms with Crippen molar-refractivity contribution in [3.63, 3.8) is 0 Å². The van der Waals surface area contributed by atoms with Gasteiger partial charge in [-0.15, -0.1) is 0 Å². The van der Waals surface area contributed by atoms with Gasteiger partial charge in [-0.25, -0.2) is 14.8 Å². The molecule has 1 saturated heterocycles. The monoisotopic (exact) mass is 362 g/mol. The molecule has 0 aliphatic carbocycles. The van der Waals surface area contributed by atoms with Crippen molar-refractivity contribution in [2.24, 2.45) is 0 Å². The summed E-state index contributed by atoms with van der Waals surface area (Å²) in [6.45, 7) is 6.53. The first-order chi connectivity index (χ1) is 11.3. The molecule has 1 aliphatic rings. The molecule has 0 aromatic carbocycles. The Morgan fingerprint density at radius 3 is 2.48 bits per heavy atom. The van der Waals surface area contributed by atoms with E-state index < -0.39 is 29.2 Å². The number of amides is 1. The molecule has 0 spiro atoms. The van der Waals surface area contributed by atoms with E-state index in [1.807, 2.05) is 0 Å². The standard InChI is InChI=1S/C15H21F3N4O3/c1-9-5-10(15(16,17)18)21-11(20-9)19-6-14(24)7-22(8-14)12(23)25-13(2,3)4/h5,24H,6-8H2,1-4H3,(H,19,20,21). The Morgan fingerprint density at radius 1 is 1.36 bits per heavy atom. The third kappa shape index (κ3) is 5.18. The summed E-state index contributed by atoms with van der Waals surface area (Å²) in [6.07, 6.45) is -5.13. The Bertz CT molecular complexity index is 652. The number of ether oxygens (including phenoxy) is 1. The maximum atomic E-state index is 12.7. The number of nitrogens with zero attached hydrogens (tertiary/aromatic N) is 3. The Hall–Kier alpha value is -2.10. The van der Waals surface area contributed by atoms with Crippen molar-refractivity contribution in [3.8, 4) is 0 Å². The van der Waals surface area contributed by atoms with Gasteiger partial charge in [0, 0.05) is 5.69 Å². The number of aryl methyl sites for hydroxylation is 1. The van der Waals surface area contributed by atoms with Gasteiger partial charge in [0.15, 0.2) is 0 Å². The smallest absolute Gasteiger partial charge is 0.433 e. The summed E-state index contributed by atoms with van der Waals surface area (Å²) in [5, 5.41) is 12.9. The number of nitrogens with one attached hydrogen (secondary N) is 1. The quantitative estimate of drug-likeness (QED) is 0.857. The van der Waals surface area contributed by atoms with Crippen LogP contribution in [-0.4, -0.2) is 56.9 Å². The summed E-state index contributed by atoms with van der Waals surface area (Å²) >= 11 is 0. The maximum absolute atomic E-state index is 12.7. The van der Waals surface area contributed by atoms with Crippen LogP contribution in [0.5, 0.6) is 0 Å². The van der Waals surface area contributed by atoms with Crippen LogP contribution in [0.25, 0.3) is 0 Å². The number of likely N-dealkylation sites (tertiary alicyclic amines) is 1. The summed E-state index contributed by atoms with van der Waals surface area (Å²) in [5.41, 5.74) is -2.83. The SMILES string of the molecule is Cc1cc(C(F)(F)F)nc(NCC2(O)CN(C(=O)OC(C)(C)C)C2)n1. The molecule has 0 radical (unpaired) electrons. The van der Waals surface area contributed by atoms with Crippen molar-refractivity contribution in [3.05, 3.63) is 17.5 Å². The second-order valence-corrected chi connectivity index (χ2v) is 7.13. The Kier molecular flexibility index (Phi) is 4.86. The first-order valence-electron chi connectivity index (χ1n) is 7.64. The summed E-state index contributed by atoms with van der Waals surface area (Å²) in [7, 11) is 0. The van der Waals surface area contributed by atoms with Gasteiger partial charge in [-0.05, 0) is 33.8 Å². The molecule has 2 N–H and O–H groups in total. The fourth-order valence-electron chi connectivity index (χ4n) is 2.27. The highest BCUT2D eigenvalue weighted by molar-refractivity contribution is 5.69. The number of aliphatic hydroxyl groups is 1. The predicted octanol–water partition coefficient (Wildman–Crippen LogP) is 2.20. The molecule has 1 amide bonds. The zero-order valence-corrected chi connectivity index (χ0v) is 14.4. The lowest BCUT2D eigenvalue weighted by Crippen LogP contribution is -2.66. The van der Waals surface area contributed by atoms with E-state index in [4.69, 9.17) is 4.74 Å². The Morgan fingerprint density at radius 2 is 1.96 bits per heavy atom. The summed E-state index contributed by atoms with van der Waals surface area (Å²) < 4.78 is 43.4. The molecule has 25 heavy (non-hydrogen) atoms. The molecular weight excluding hydrogens is 341 g/mol. The molecule has 2 heterocycles. The van der Waals surface area contributed by atoms with Gasteiger partial charge in [-0.3, -0.25) is 0 Å². The van der Waals surface area contributed by atoms with Gasteiger partial charge in [-0.1, -0.05) is 0 Å². The molecule has 0 atom stereocenters. The van der Waals surface area contributed by atoms with Crippen LogP contribution >= 0.6 is 0 Å². The average Bonchev–Trinajstić information content (AvgIpc) is 2.38. The summed E-state index contributed by atoms with van der Waals surface area (Å²) in [5.74, 6) is -0.225. The number of hydrogen-bond donors (Lipinski definition) is 2. The van der Waals surface area contributed by atoms with Crippen molar-refractivity contribution < 1.29 is 27.8 Å². The van der Waals surface area contributed by atoms with Crippen molar-refractivity contribution in [2.45, 2.75) is 45.1 Å². The number of alkyl halides is 3. The second-order valence-electron chi connectivity index (χ2n) is 7.13. The largest absolute Gasteiger partial charge is 0.444 e. The van der Waals surface area contributed by atoms with Crippen molar-refractivity contribution >= 4 is 12.0 Å². The molecule has 140 valence electrons. The normalized spacial score (nSPS) is 17.0. The van der Waals surface area contributed by atoms with Crippen molar-refractivity contribution in [1.82, 2.24) is 14.9 Å². The van der Waals surface area contributed by atoms with E-state index in [2.05, 4.69) is 15.3 Å². The Balaban J connectivity index is 1.93. The van der Waals surface area contributed by atoms with E-state index in [1.165, 1.54) is 11.8 Å². The lowest BCUT2D eigenvalue weighted by atomic mass is 9.95. The minimum atomic E-state index is -4.58. The number of hydrogen-bond acceptors (Lipinski definition) is 6. The number of carbonyl (C=O) groups is 1. The Labute approximate surface area is 143 Å². The van der Waals surface area contributed by atoms with E-state index in [0.717, 1.165) is 6.07 Å². The first-order valence-corrected chi connectivity index (χ1v) is 7.64. The van der Waals surface area contributed by atoms with E-state index in [9.17, 15) is 23.1 Å². The van der Waals surface area contributed by atoms with Crippen LogP contribution in [0.4, 0.5) is 23.9 Å². The average molecular weight is 362 g/mol. The number of anilines is 1. The zero-order valence-electron chi connectivity index (χ0n) is 14.4. The van der Waals surface area contributed by atoms with Crippen molar-refractivity contribution in [2.75, 3.05) is 25.0 Å². The van der Waals surface area contributed by atoms with Crippen LogP contribution < -0.4 is 5.32 Å². The van der Waals surface area contributed by atoms with Gasteiger partial charge >= 0.3 is 12.3 Å². The van der Waals surface area contributed by atoms with Gasteiger partial charge < -0.3 is 20.1 Å². The fraction of sp³-hybridized carbons (Fsp3) is 0.667. The van der Waals surface area contributed by atoms with Gasteiger partial charge in [0.2, 0.25) is 5.95 Å². The lowest BCUT2D eigenvalue weighted by molar-refractivity contribution is -0.141. The van der Waals surface area contributed by atoms with E-state index in [1.54, 1.807) is 20.8 Å².